The maximum atomic E-state index is 13.7. The molecular formula is C16H12ClF6N3O4S. The Bertz CT molecular complexity index is 1070. The van der Waals surface area contributed by atoms with Gasteiger partial charge in [0.2, 0.25) is 0 Å². The van der Waals surface area contributed by atoms with E-state index in [4.69, 9.17) is 16.3 Å². The number of nitrogens with zero attached hydrogens (tertiary/aromatic N) is 1. The predicted octanol–water partition coefficient (Wildman–Crippen LogP) is 3.61. The molecule has 0 bridgehead atoms. The monoisotopic (exact) mass is 491 g/mol. The Morgan fingerprint density at radius 1 is 1.19 bits per heavy atom. The number of alkyl halides is 3. The van der Waals surface area contributed by atoms with E-state index in [0.717, 1.165) is 19.2 Å². The van der Waals surface area contributed by atoms with Gasteiger partial charge in [-0.05, 0) is 13.0 Å². The third-order valence-electron chi connectivity index (χ3n) is 3.47. The number of sulfonamides is 1. The van der Waals surface area contributed by atoms with E-state index in [1.807, 2.05) is 5.32 Å². The average Bonchev–Trinajstić information content (AvgIpc) is 2.62. The number of halogens is 7. The highest BCUT2D eigenvalue weighted by Gasteiger charge is 2.46. The number of nitrogens with one attached hydrogen (secondary N) is 2. The van der Waals surface area contributed by atoms with Crippen molar-refractivity contribution in [2.75, 3.05) is 11.9 Å². The largest absolute Gasteiger partial charge is 0.511 e. The Kier molecular flexibility index (Phi) is 7.39. The molecule has 0 aliphatic carbocycles. The molecule has 2 N–H and O–H groups in total. The van der Waals surface area contributed by atoms with Crippen molar-refractivity contribution in [3.63, 3.8) is 0 Å². The lowest BCUT2D eigenvalue weighted by Gasteiger charge is -2.16. The standard InChI is InChI=1S/C16H12ClF6N3O4S/c1-7(26-31(28,29)16(21,22)23)6-30-9-4-10(14(17)24-5-9)15(27)25-13-11(19)2-8(18)3-12(13)20/h2-5,7,26H,6H2,1H3,(H,25,27)/t7-/m0/s1. The highest BCUT2D eigenvalue weighted by molar-refractivity contribution is 7.90. The van der Waals surface area contributed by atoms with Crippen molar-refractivity contribution in [2.45, 2.75) is 18.5 Å². The zero-order chi connectivity index (χ0) is 23.6. The van der Waals surface area contributed by atoms with E-state index in [9.17, 15) is 39.6 Å². The second-order valence-electron chi connectivity index (χ2n) is 5.99. The second kappa shape index (κ2) is 9.28. The molecule has 1 aromatic heterocycles. The highest BCUT2D eigenvalue weighted by atomic mass is 35.5. The number of aromatic nitrogens is 1. The number of hydrogen-bond donors (Lipinski definition) is 2. The van der Waals surface area contributed by atoms with Crippen molar-refractivity contribution >= 4 is 33.2 Å². The number of hydrogen-bond acceptors (Lipinski definition) is 5. The fraction of sp³-hybridized carbons (Fsp3) is 0.250. The average molecular weight is 492 g/mol. The van der Waals surface area contributed by atoms with Crippen molar-refractivity contribution in [2.24, 2.45) is 0 Å². The van der Waals surface area contributed by atoms with Crippen LogP contribution in [0.1, 0.15) is 17.3 Å². The normalized spacial score (nSPS) is 13.0. The van der Waals surface area contributed by atoms with Gasteiger partial charge in [0.1, 0.15) is 29.0 Å². The zero-order valence-corrected chi connectivity index (χ0v) is 16.8. The molecule has 0 spiro atoms. The van der Waals surface area contributed by atoms with Gasteiger partial charge in [-0.1, -0.05) is 11.6 Å². The van der Waals surface area contributed by atoms with E-state index in [2.05, 4.69) is 4.98 Å². The Labute approximate surface area is 176 Å². The van der Waals surface area contributed by atoms with E-state index in [1.165, 1.54) is 4.72 Å². The van der Waals surface area contributed by atoms with Gasteiger partial charge < -0.3 is 10.1 Å². The number of anilines is 1. The maximum absolute atomic E-state index is 13.7. The summed E-state index contributed by atoms with van der Waals surface area (Å²) in [4.78, 5) is 15.9. The summed E-state index contributed by atoms with van der Waals surface area (Å²) in [6, 6.07) is 0.291. The van der Waals surface area contributed by atoms with Gasteiger partial charge >= 0.3 is 15.5 Å². The summed E-state index contributed by atoms with van der Waals surface area (Å²) in [5.41, 5.74) is -6.91. The van der Waals surface area contributed by atoms with Gasteiger partial charge in [0.15, 0.2) is 11.6 Å². The molecule has 31 heavy (non-hydrogen) atoms. The van der Waals surface area contributed by atoms with E-state index in [-0.39, 0.29) is 5.75 Å². The van der Waals surface area contributed by atoms with E-state index in [1.54, 1.807) is 0 Å². The Balaban J connectivity index is 2.13. The Morgan fingerprint density at radius 3 is 2.32 bits per heavy atom. The van der Waals surface area contributed by atoms with Crippen molar-refractivity contribution in [3.05, 3.63) is 52.6 Å². The van der Waals surface area contributed by atoms with Crippen molar-refractivity contribution in [1.29, 1.82) is 0 Å². The molecule has 0 saturated carbocycles. The third kappa shape index (κ3) is 6.21. The zero-order valence-electron chi connectivity index (χ0n) is 15.2. The SMILES string of the molecule is C[C@@H](COc1cnc(Cl)c(C(=O)Nc2c(F)cc(F)cc2F)c1)NS(=O)(=O)C(F)(F)F. The molecule has 0 aliphatic heterocycles. The van der Waals surface area contributed by atoms with Crippen LogP contribution in [0.5, 0.6) is 5.75 Å². The first kappa shape index (κ1) is 24.7. The summed E-state index contributed by atoms with van der Waals surface area (Å²) in [6.07, 6.45) is 0.975. The fourth-order valence-electron chi connectivity index (χ4n) is 2.10. The molecule has 1 heterocycles. The first-order valence-corrected chi connectivity index (χ1v) is 9.90. The van der Waals surface area contributed by atoms with Crippen LogP contribution in [0.4, 0.5) is 32.0 Å². The smallest absolute Gasteiger partial charge is 0.490 e. The maximum Gasteiger partial charge on any atom is 0.511 e. The summed E-state index contributed by atoms with van der Waals surface area (Å²) in [7, 11) is -5.60. The van der Waals surface area contributed by atoms with Gasteiger partial charge in [0.05, 0.1) is 17.8 Å². The number of rotatable bonds is 7. The number of ether oxygens (including phenoxy) is 1. The van der Waals surface area contributed by atoms with Crippen molar-refractivity contribution in [3.8, 4) is 5.75 Å². The van der Waals surface area contributed by atoms with Crippen LogP contribution in [-0.4, -0.2) is 37.5 Å². The summed E-state index contributed by atoms with van der Waals surface area (Å²) < 4.78 is 106. The summed E-state index contributed by atoms with van der Waals surface area (Å²) in [6.45, 7) is 0.487. The molecule has 1 aromatic carbocycles. The lowest BCUT2D eigenvalue weighted by molar-refractivity contribution is -0.0451. The number of carbonyl (C=O) groups excluding carboxylic acids is 1. The lowest BCUT2D eigenvalue weighted by Crippen LogP contribution is -2.43. The first-order chi connectivity index (χ1) is 14.2. The molecule has 1 atom stereocenters. The molecule has 2 aromatic rings. The molecule has 15 heteroatoms. The second-order valence-corrected chi connectivity index (χ2v) is 8.05. The van der Waals surface area contributed by atoms with E-state index >= 15 is 0 Å². The van der Waals surface area contributed by atoms with E-state index in [0.29, 0.717) is 12.1 Å². The Morgan fingerprint density at radius 2 is 1.77 bits per heavy atom. The minimum absolute atomic E-state index is 0.215. The van der Waals surface area contributed by atoms with E-state index < -0.39 is 67.9 Å². The minimum atomic E-state index is -5.60. The van der Waals surface area contributed by atoms with Crippen LogP contribution in [-0.2, 0) is 10.0 Å². The number of benzene rings is 1. The van der Waals surface area contributed by atoms with Crippen molar-refractivity contribution in [1.82, 2.24) is 9.71 Å². The van der Waals surface area contributed by atoms with Crippen LogP contribution >= 0.6 is 11.6 Å². The molecular weight excluding hydrogens is 480 g/mol. The van der Waals surface area contributed by atoms with Gasteiger partial charge in [0.25, 0.3) is 5.91 Å². The quantitative estimate of drug-likeness (QED) is 0.455. The van der Waals surface area contributed by atoms with Crippen molar-refractivity contribution < 1.29 is 44.3 Å². The number of pyridine rings is 1. The summed E-state index contributed by atoms with van der Waals surface area (Å²) in [5.74, 6) is -5.37. The van der Waals surface area contributed by atoms with Gasteiger partial charge in [-0.2, -0.15) is 13.2 Å². The molecule has 0 unspecified atom stereocenters. The topological polar surface area (TPSA) is 97.4 Å². The van der Waals surface area contributed by atoms with Crippen LogP contribution in [0.2, 0.25) is 5.15 Å². The predicted molar refractivity (Wildman–Crippen MR) is 96.6 cm³/mol. The molecule has 170 valence electrons. The van der Waals surface area contributed by atoms with Crippen LogP contribution in [0, 0.1) is 17.5 Å². The van der Waals surface area contributed by atoms with Crippen LogP contribution in [0.25, 0.3) is 0 Å². The highest BCUT2D eigenvalue weighted by Crippen LogP contribution is 2.25. The minimum Gasteiger partial charge on any atom is -0.490 e. The van der Waals surface area contributed by atoms with Crippen LogP contribution in [0.3, 0.4) is 0 Å². The van der Waals surface area contributed by atoms with Gasteiger partial charge in [0, 0.05) is 12.1 Å². The molecule has 2 rings (SSSR count). The van der Waals surface area contributed by atoms with Gasteiger partial charge in [-0.3, -0.25) is 4.79 Å². The summed E-state index contributed by atoms with van der Waals surface area (Å²) >= 11 is 5.77. The molecule has 0 aliphatic rings. The molecule has 7 nitrogen and oxygen atoms in total. The summed E-state index contributed by atoms with van der Waals surface area (Å²) in [5, 5.41) is 1.43. The third-order valence-corrected chi connectivity index (χ3v) is 5.09. The van der Waals surface area contributed by atoms with Gasteiger partial charge in [-0.15, -0.1) is 0 Å². The Hall–Kier alpha value is -2.58. The van der Waals surface area contributed by atoms with Crippen LogP contribution in [0.15, 0.2) is 24.4 Å². The molecule has 1 amide bonds. The van der Waals surface area contributed by atoms with Crippen LogP contribution < -0.4 is 14.8 Å². The first-order valence-electron chi connectivity index (χ1n) is 8.04. The lowest BCUT2D eigenvalue weighted by atomic mass is 10.2. The number of amides is 1. The molecule has 0 radical (unpaired) electrons. The molecule has 0 saturated heterocycles. The van der Waals surface area contributed by atoms with Gasteiger partial charge in [-0.25, -0.2) is 31.3 Å². The number of carbonyl (C=O) groups is 1. The molecule has 0 fully saturated rings. The fourth-order valence-corrected chi connectivity index (χ4v) is 3.02.